The fourth-order valence-electron chi connectivity index (χ4n) is 3.39. The summed E-state index contributed by atoms with van der Waals surface area (Å²) in [5.74, 6) is -1.04. The van der Waals surface area contributed by atoms with E-state index in [-0.39, 0.29) is 30.2 Å². The number of nitrogens with zero attached hydrogens (tertiary/aromatic N) is 2. The molecule has 154 valence electrons. The van der Waals surface area contributed by atoms with Crippen LogP contribution in [0.3, 0.4) is 0 Å². The van der Waals surface area contributed by atoms with Crippen molar-refractivity contribution in [2.45, 2.75) is 25.8 Å². The summed E-state index contributed by atoms with van der Waals surface area (Å²) in [6, 6.07) is 10.3. The maximum Gasteiger partial charge on any atom is 0.309 e. The molecule has 0 aliphatic carbocycles. The predicted molar refractivity (Wildman–Crippen MR) is 110 cm³/mol. The second-order valence-electron chi connectivity index (χ2n) is 6.92. The van der Waals surface area contributed by atoms with E-state index >= 15 is 0 Å². The summed E-state index contributed by atoms with van der Waals surface area (Å²) >= 11 is 1.55. The first-order valence-electron chi connectivity index (χ1n) is 9.43. The van der Waals surface area contributed by atoms with Crippen molar-refractivity contribution in [1.82, 2.24) is 5.32 Å². The lowest BCUT2D eigenvalue weighted by Crippen LogP contribution is -2.38. The molecule has 0 spiro atoms. The number of thiophene rings is 1. The number of hydrogen-bond acceptors (Lipinski definition) is 7. The second kappa shape index (κ2) is 9.51. The minimum absolute atomic E-state index is 0.0602. The Morgan fingerprint density at radius 3 is 2.66 bits per heavy atom. The Labute approximate surface area is 172 Å². The number of hydrogen-bond donors (Lipinski definition) is 1. The maximum atomic E-state index is 12.3. The summed E-state index contributed by atoms with van der Waals surface area (Å²) in [6.45, 7) is 2.61. The minimum atomic E-state index is -0.397. The lowest BCUT2D eigenvalue weighted by atomic mass is 9.96. The van der Waals surface area contributed by atoms with Gasteiger partial charge >= 0.3 is 5.97 Å². The van der Waals surface area contributed by atoms with Gasteiger partial charge in [0.1, 0.15) is 5.69 Å². The monoisotopic (exact) mass is 417 g/mol. The van der Waals surface area contributed by atoms with Crippen molar-refractivity contribution in [3.8, 4) is 0 Å². The Morgan fingerprint density at radius 2 is 2.00 bits per heavy atom. The molecule has 9 heteroatoms. The van der Waals surface area contributed by atoms with Crippen molar-refractivity contribution in [1.29, 1.82) is 0 Å². The Hall–Kier alpha value is -2.94. The van der Waals surface area contributed by atoms with Crippen molar-refractivity contribution >= 4 is 34.6 Å². The number of piperidine rings is 1. The number of ether oxygens (including phenoxy) is 1. The quantitative estimate of drug-likeness (QED) is 0.421. The molecule has 1 atom stereocenters. The molecule has 1 aromatic carbocycles. The first-order chi connectivity index (χ1) is 14.0. The van der Waals surface area contributed by atoms with E-state index in [1.807, 2.05) is 29.3 Å². The largest absolute Gasteiger partial charge is 0.455 e. The highest BCUT2D eigenvalue weighted by molar-refractivity contribution is 7.10. The predicted octanol–water partition coefficient (Wildman–Crippen LogP) is 3.29. The van der Waals surface area contributed by atoms with Gasteiger partial charge in [-0.2, -0.15) is 0 Å². The molecule has 0 saturated carbocycles. The van der Waals surface area contributed by atoms with Crippen LogP contribution in [-0.2, 0) is 14.3 Å². The minimum Gasteiger partial charge on any atom is -0.455 e. The van der Waals surface area contributed by atoms with E-state index in [9.17, 15) is 19.7 Å². The summed E-state index contributed by atoms with van der Waals surface area (Å²) in [5.41, 5.74) is 0.622. The van der Waals surface area contributed by atoms with Gasteiger partial charge in [0.15, 0.2) is 6.61 Å². The van der Waals surface area contributed by atoms with Gasteiger partial charge in [0.05, 0.1) is 16.9 Å². The lowest BCUT2D eigenvalue weighted by Gasteiger charge is -2.32. The Bertz CT molecular complexity index is 863. The molecule has 3 rings (SSSR count). The zero-order chi connectivity index (χ0) is 20.8. The Balaban J connectivity index is 1.45. The van der Waals surface area contributed by atoms with Gasteiger partial charge in [-0.15, -0.1) is 11.3 Å². The third-order valence-electron chi connectivity index (χ3n) is 4.94. The molecule has 1 aliphatic heterocycles. The number of esters is 1. The summed E-state index contributed by atoms with van der Waals surface area (Å²) in [5, 5.41) is 16.0. The van der Waals surface area contributed by atoms with Crippen molar-refractivity contribution in [2.75, 3.05) is 24.6 Å². The standard InChI is InChI=1S/C20H23N3O5S/c1-14(18-7-4-12-29-18)21-19(24)13-28-20(25)15-8-10-22(11-9-15)16-5-2-3-6-17(16)23(26)27/h2-7,12,14-15H,8-11,13H2,1H3,(H,21,24)/t14-/m1/s1. The third kappa shape index (κ3) is 5.32. The Morgan fingerprint density at radius 1 is 1.28 bits per heavy atom. The highest BCUT2D eigenvalue weighted by Crippen LogP contribution is 2.31. The van der Waals surface area contributed by atoms with Gasteiger partial charge in [-0.25, -0.2) is 0 Å². The van der Waals surface area contributed by atoms with Crippen LogP contribution in [-0.4, -0.2) is 36.5 Å². The van der Waals surface area contributed by atoms with Crippen LogP contribution in [0.5, 0.6) is 0 Å². The van der Waals surface area contributed by atoms with Crippen LogP contribution in [0.1, 0.15) is 30.7 Å². The highest BCUT2D eigenvalue weighted by Gasteiger charge is 2.29. The van der Waals surface area contributed by atoms with Crippen LogP contribution in [0.4, 0.5) is 11.4 Å². The first kappa shape index (κ1) is 20.8. The normalized spacial score (nSPS) is 15.6. The molecule has 0 bridgehead atoms. The number of amides is 1. The summed E-state index contributed by atoms with van der Waals surface area (Å²) in [4.78, 5) is 38.1. The maximum absolute atomic E-state index is 12.3. The number of benzene rings is 1. The van der Waals surface area contributed by atoms with Crippen LogP contribution < -0.4 is 10.2 Å². The van der Waals surface area contributed by atoms with E-state index in [1.165, 1.54) is 6.07 Å². The molecule has 1 aliphatic rings. The number of carbonyl (C=O) groups excluding carboxylic acids is 2. The molecule has 1 N–H and O–H groups in total. The molecule has 1 aromatic heterocycles. The summed E-state index contributed by atoms with van der Waals surface area (Å²) < 4.78 is 5.19. The molecule has 0 unspecified atom stereocenters. The number of nitro benzene ring substituents is 1. The molecule has 8 nitrogen and oxygen atoms in total. The third-order valence-corrected chi connectivity index (χ3v) is 6.00. The topological polar surface area (TPSA) is 102 Å². The number of nitrogens with one attached hydrogen (secondary N) is 1. The molecule has 29 heavy (non-hydrogen) atoms. The fraction of sp³-hybridized carbons (Fsp3) is 0.400. The van der Waals surface area contributed by atoms with Gasteiger partial charge in [0.25, 0.3) is 11.6 Å². The van der Waals surface area contributed by atoms with Gasteiger partial charge in [-0.05, 0) is 37.3 Å². The molecule has 1 amide bonds. The van der Waals surface area contributed by atoms with E-state index < -0.39 is 10.9 Å². The Kier molecular flexibility index (Phi) is 6.82. The first-order valence-corrected chi connectivity index (χ1v) is 10.3. The van der Waals surface area contributed by atoms with E-state index in [4.69, 9.17) is 4.74 Å². The van der Waals surface area contributed by atoms with Crippen molar-refractivity contribution in [3.63, 3.8) is 0 Å². The highest BCUT2D eigenvalue weighted by atomic mass is 32.1. The van der Waals surface area contributed by atoms with Gasteiger partial charge < -0.3 is 15.0 Å². The van der Waals surface area contributed by atoms with Gasteiger partial charge in [-0.1, -0.05) is 18.2 Å². The molecule has 2 aromatic rings. The van der Waals surface area contributed by atoms with Crippen LogP contribution in [0, 0.1) is 16.0 Å². The van der Waals surface area contributed by atoms with Crippen LogP contribution in [0.15, 0.2) is 41.8 Å². The van der Waals surface area contributed by atoms with Crippen LogP contribution in [0.25, 0.3) is 0 Å². The number of carbonyl (C=O) groups is 2. The average molecular weight is 417 g/mol. The molecule has 1 fully saturated rings. The van der Waals surface area contributed by atoms with Crippen molar-refractivity contribution < 1.29 is 19.2 Å². The fourth-order valence-corrected chi connectivity index (χ4v) is 4.12. The van der Waals surface area contributed by atoms with E-state index in [0.29, 0.717) is 31.6 Å². The summed E-state index contributed by atoms with van der Waals surface area (Å²) in [7, 11) is 0. The van der Waals surface area contributed by atoms with Crippen molar-refractivity contribution in [2.24, 2.45) is 5.92 Å². The van der Waals surface area contributed by atoms with Gasteiger partial charge in [0, 0.05) is 24.0 Å². The molecule has 2 heterocycles. The average Bonchev–Trinajstić information content (AvgIpc) is 3.27. The SMILES string of the molecule is C[C@@H](NC(=O)COC(=O)C1CCN(c2ccccc2[N+](=O)[O-])CC1)c1cccs1. The smallest absolute Gasteiger partial charge is 0.309 e. The van der Waals surface area contributed by atoms with Gasteiger partial charge in [-0.3, -0.25) is 19.7 Å². The number of anilines is 1. The molecule has 1 saturated heterocycles. The number of nitro groups is 1. The van der Waals surface area contributed by atoms with E-state index in [0.717, 1.165) is 4.88 Å². The second-order valence-corrected chi connectivity index (χ2v) is 7.90. The summed E-state index contributed by atoms with van der Waals surface area (Å²) in [6.07, 6.45) is 1.05. The van der Waals surface area contributed by atoms with Crippen molar-refractivity contribution in [3.05, 3.63) is 56.8 Å². The number of para-hydroxylation sites is 2. The molecular weight excluding hydrogens is 394 g/mol. The number of rotatable bonds is 7. The zero-order valence-corrected chi connectivity index (χ0v) is 16.9. The zero-order valence-electron chi connectivity index (χ0n) is 16.1. The van der Waals surface area contributed by atoms with Crippen LogP contribution >= 0.6 is 11.3 Å². The molecule has 0 radical (unpaired) electrons. The van der Waals surface area contributed by atoms with E-state index in [1.54, 1.807) is 29.5 Å². The molecular formula is C20H23N3O5S. The van der Waals surface area contributed by atoms with Gasteiger partial charge in [0.2, 0.25) is 0 Å². The van der Waals surface area contributed by atoms with E-state index in [2.05, 4.69) is 5.32 Å². The van der Waals surface area contributed by atoms with Crippen LogP contribution in [0.2, 0.25) is 0 Å². The lowest BCUT2D eigenvalue weighted by molar-refractivity contribution is -0.384.